The first-order chi connectivity index (χ1) is 14.1. The first kappa shape index (κ1) is 20.3. The number of alkyl halides is 2. The van der Waals surface area contributed by atoms with Crippen molar-refractivity contribution in [3.63, 3.8) is 0 Å². The lowest BCUT2D eigenvalue weighted by molar-refractivity contribution is -0.116. The number of rotatable bonds is 8. The van der Waals surface area contributed by atoms with Crippen molar-refractivity contribution >= 4 is 23.4 Å². The molecule has 2 aromatic carbocycles. The number of hydrogen-bond acceptors (Lipinski definition) is 7. The molecule has 3 rings (SSSR count). The molecule has 0 radical (unpaired) electrons. The molecule has 0 aliphatic carbocycles. The summed E-state index contributed by atoms with van der Waals surface area (Å²) >= 11 is 1.04. The Kier molecular flexibility index (Phi) is 6.76. The zero-order valence-electron chi connectivity index (χ0n) is 14.9. The summed E-state index contributed by atoms with van der Waals surface area (Å²) in [6, 6.07) is 16.6. The molecule has 0 saturated carbocycles. The Morgan fingerprint density at radius 3 is 2.55 bits per heavy atom. The molecular formula is C19H14F2N4O3S. The van der Waals surface area contributed by atoms with Gasteiger partial charge in [0.25, 0.3) is 5.22 Å². The highest BCUT2D eigenvalue weighted by Crippen LogP contribution is 2.26. The molecule has 0 aliphatic rings. The summed E-state index contributed by atoms with van der Waals surface area (Å²) in [5, 5.41) is 16.9. The van der Waals surface area contributed by atoms with Gasteiger partial charge in [0.2, 0.25) is 11.8 Å². The molecule has 1 aromatic heterocycles. The number of carbonyl (C=O) groups excluding carboxylic acids is 1. The van der Waals surface area contributed by atoms with Crippen molar-refractivity contribution in [1.82, 2.24) is 10.2 Å². The SMILES string of the molecule is N#CCN(C(=O)CSc1nnc(-c2ccc(OC(F)F)cc2)o1)c1ccccc1. The fraction of sp³-hybridized carbons (Fsp3) is 0.158. The van der Waals surface area contributed by atoms with Crippen molar-refractivity contribution in [3.8, 4) is 23.3 Å². The van der Waals surface area contributed by atoms with Gasteiger partial charge in [-0.2, -0.15) is 14.0 Å². The normalized spacial score (nSPS) is 10.6. The van der Waals surface area contributed by atoms with E-state index < -0.39 is 6.61 Å². The Bertz CT molecular complexity index is 991. The minimum Gasteiger partial charge on any atom is -0.435 e. The number of thioether (sulfide) groups is 1. The maximum atomic E-state index is 12.5. The third-order valence-electron chi connectivity index (χ3n) is 3.65. The van der Waals surface area contributed by atoms with Crippen LogP contribution in [0, 0.1) is 11.3 Å². The summed E-state index contributed by atoms with van der Waals surface area (Å²) in [6.07, 6.45) is 0. The molecule has 0 unspecified atom stereocenters. The Labute approximate surface area is 168 Å². The van der Waals surface area contributed by atoms with Crippen molar-refractivity contribution in [3.05, 3.63) is 54.6 Å². The minimum atomic E-state index is -2.90. The summed E-state index contributed by atoms with van der Waals surface area (Å²) in [6.45, 7) is -2.98. The van der Waals surface area contributed by atoms with Crippen LogP contribution >= 0.6 is 11.8 Å². The smallest absolute Gasteiger partial charge is 0.387 e. The number of nitrogens with zero attached hydrogens (tertiary/aromatic N) is 4. The van der Waals surface area contributed by atoms with Crippen molar-refractivity contribution in [2.45, 2.75) is 11.8 Å². The molecular weight excluding hydrogens is 402 g/mol. The van der Waals surface area contributed by atoms with E-state index in [2.05, 4.69) is 14.9 Å². The first-order valence-corrected chi connectivity index (χ1v) is 9.29. The highest BCUT2D eigenvalue weighted by molar-refractivity contribution is 7.99. The number of benzene rings is 2. The monoisotopic (exact) mass is 416 g/mol. The second-order valence-corrected chi connectivity index (χ2v) is 6.46. The highest BCUT2D eigenvalue weighted by Gasteiger charge is 2.18. The zero-order valence-corrected chi connectivity index (χ0v) is 15.7. The first-order valence-electron chi connectivity index (χ1n) is 8.30. The van der Waals surface area contributed by atoms with Crippen LogP contribution in [-0.4, -0.2) is 35.0 Å². The van der Waals surface area contributed by atoms with Crippen LogP contribution in [-0.2, 0) is 4.79 Å². The average Bonchev–Trinajstić information content (AvgIpc) is 3.20. The lowest BCUT2D eigenvalue weighted by Crippen LogP contribution is -2.32. The van der Waals surface area contributed by atoms with Crippen LogP contribution in [0.1, 0.15) is 0 Å². The highest BCUT2D eigenvalue weighted by atomic mass is 32.2. The number of amides is 1. The fourth-order valence-corrected chi connectivity index (χ4v) is 3.01. The van der Waals surface area contributed by atoms with Gasteiger partial charge in [0.05, 0.1) is 11.8 Å². The molecule has 29 heavy (non-hydrogen) atoms. The molecule has 0 atom stereocenters. The molecule has 1 amide bonds. The van der Waals surface area contributed by atoms with Crippen LogP contribution in [0.2, 0.25) is 0 Å². The fourth-order valence-electron chi connectivity index (χ4n) is 2.37. The van der Waals surface area contributed by atoms with Crippen molar-refractivity contribution < 1.29 is 22.7 Å². The van der Waals surface area contributed by atoms with Crippen LogP contribution in [0.25, 0.3) is 11.5 Å². The lowest BCUT2D eigenvalue weighted by Gasteiger charge is -2.18. The molecule has 0 spiro atoms. The number of hydrogen-bond donors (Lipinski definition) is 0. The van der Waals surface area contributed by atoms with Gasteiger partial charge in [-0.25, -0.2) is 0 Å². The average molecular weight is 416 g/mol. The molecule has 10 heteroatoms. The van der Waals surface area contributed by atoms with Crippen molar-refractivity contribution in [2.24, 2.45) is 0 Å². The van der Waals surface area contributed by atoms with Gasteiger partial charge >= 0.3 is 6.61 Å². The van der Waals surface area contributed by atoms with Crippen LogP contribution < -0.4 is 9.64 Å². The number of aromatic nitrogens is 2. The van der Waals surface area contributed by atoms with Gasteiger partial charge in [-0.05, 0) is 36.4 Å². The van der Waals surface area contributed by atoms with Crippen LogP contribution in [0.15, 0.2) is 64.2 Å². The molecule has 0 saturated heterocycles. The van der Waals surface area contributed by atoms with Gasteiger partial charge in [0.15, 0.2) is 0 Å². The predicted molar refractivity (Wildman–Crippen MR) is 101 cm³/mol. The van der Waals surface area contributed by atoms with Gasteiger partial charge in [-0.15, -0.1) is 10.2 Å². The number of ether oxygens (including phenoxy) is 1. The zero-order chi connectivity index (χ0) is 20.6. The Hall–Kier alpha value is -3.45. The molecule has 1 heterocycles. The van der Waals surface area contributed by atoms with Crippen LogP contribution in [0.3, 0.4) is 0 Å². The molecule has 3 aromatic rings. The van der Waals surface area contributed by atoms with Gasteiger partial charge in [0.1, 0.15) is 12.3 Å². The van der Waals surface area contributed by atoms with Gasteiger partial charge in [-0.1, -0.05) is 30.0 Å². The van der Waals surface area contributed by atoms with Crippen molar-refractivity contribution in [2.75, 3.05) is 17.2 Å². The van der Waals surface area contributed by atoms with E-state index >= 15 is 0 Å². The van der Waals surface area contributed by atoms with E-state index in [1.165, 1.54) is 29.2 Å². The number of nitriles is 1. The lowest BCUT2D eigenvalue weighted by atomic mass is 10.2. The van der Waals surface area contributed by atoms with Crippen molar-refractivity contribution in [1.29, 1.82) is 5.26 Å². The second-order valence-electron chi connectivity index (χ2n) is 5.54. The third kappa shape index (κ3) is 5.52. The summed E-state index contributed by atoms with van der Waals surface area (Å²) in [4.78, 5) is 13.9. The van der Waals surface area contributed by atoms with E-state index in [0.717, 1.165) is 11.8 Å². The van der Waals surface area contributed by atoms with Crippen LogP contribution in [0.5, 0.6) is 5.75 Å². The van der Waals surface area contributed by atoms with Crippen LogP contribution in [0.4, 0.5) is 14.5 Å². The molecule has 0 aliphatic heterocycles. The number of carbonyl (C=O) groups is 1. The van der Waals surface area contributed by atoms with E-state index in [1.54, 1.807) is 24.3 Å². The summed E-state index contributed by atoms with van der Waals surface area (Å²) in [5.74, 6) is -0.0854. The molecule has 0 N–H and O–H groups in total. The van der Waals surface area contributed by atoms with E-state index in [-0.39, 0.29) is 35.1 Å². The van der Waals surface area contributed by atoms with Gasteiger partial charge in [-0.3, -0.25) is 9.69 Å². The van der Waals surface area contributed by atoms with E-state index in [1.807, 2.05) is 12.1 Å². The third-order valence-corrected chi connectivity index (χ3v) is 4.45. The Morgan fingerprint density at radius 1 is 1.17 bits per heavy atom. The second kappa shape index (κ2) is 9.66. The largest absolute Gasteiger partial charge is 0.435 e. The minimum absolute atomic E-state index is 0.000621. The quantitative estimate of drug-likeness (QED) is 0.405. The summed E-state index contributed by atoms with van der Waals surface area (Å²) < 4.78 is 34.2. The molecule has 7 nitrogen and oxygen atoms in total. The Morgan fingerprint density at radius 2 is 1.90 bits per heavy atom. The van der Waals surface area contributed by atoms with E-state index in [4.69, 9.17) is 9.68 Å². The number of anilines is 1. The van der Waals surface area contributed by atoms with E-state index in [9.17, 15) is 13.6 Å². The molecule has 0 bridgehead atoms. The number of para-hydroxylation sites is 1. The maximum absolute atomic E-state index is 12.5. The molecule has 0 fully saturated rings. The standard InChI is InChI=1S/C19H14F2N4O3S/c20-18(21)27-15-8-6-13(7-9-15)17-23-24-19(28-17)29-12-16(26)25(11-10-22)14-4-2-1-3-5-14/h1-9,18H,11-12H2. The van der Waals surface area contributed by atoms with E-state index in [0.29, 0.717) is 11.3 Å². The molecule has 148 valence electrons. The summed E-state index contributed by atoms with van der Waals surface area (Å²) in [7, 11) is 0. The number of halogens is 2. The summed E-state index contributed by atoms with van der Waals surface area (Å²) in [5.41, 5.74) is 1.14. The van der Waals surface area contributed by atoms with Gasteiger partial charge in [0, 0.05) is 11.3 Å². The maximum Gasteiger partial charge on any atom is 0.387 e. The Balaban J connectivity index is 1.62. The topological polar surface area (TPSA) is 92.2 Å². The predicted octanol–water partition coefficient (Wildman–Crippen LogP) is 3.99. The van der Waals surface area contributed by atoms with Gasteiger partial charge < -0.3 is 9.15 Å².